The van der Waals surface area contributed by atoms with Gasteiger partial charge in [0.25, 0.3) is 0 Å². The summed E-state index contributed by atoms with van der Waals surface area (Å²) in [5.74, 6) is 1.41. The first-order valence-electron chi connectivity index (χ1n) is 13.0. The molecule has 30 heavy (non-hydrogen) atoms. The molecular weight excluding hydrogens is 360 g/mol. The van der Waals surface area contributed by atoms with Gasteiger partial charge in [-0.2, -0.15) is 0 Å². The third-order valence-corrected chi connectivity index (χ3v) is 7.23. The van der Waals surface area contributed by atoms with Gasteiger partial charge in [0.2, 0.25) is 0 Å². The molecule has 164 valence electrons. The number of rotatable bonds is 14. The predicted octanol–water partition coefficient (Wildman–Crippen LogP) is 10.0. The molecule has 0 radical (unpaired) electrons. The average molecular weight is 405 g/mol. The molecule has 2 aromatic carbocycles. The van der Waals surface area contributed by atoms with Crippen molar-refractivity contribution in [2.24, 2.45) is 0 Å². The monoisotopic (exact) mass is 404 g/mol. The fraction of sp³-hybridized carbons (Fsp3) is 0.600. The maximum Gasteiger partial charge on any atom is -0.00867 e. The molecule has 3 rings (SSSR count). The Hall–Kier alpha value is -1.56. The van der Waals surface area contributed by atoms with E-state index >= 15 is 0 Å². The van der Waals surface area contributed by atoms with Crippen molar-refractivity contribution in [1.82, 2.24) is 0 Å². The number of benzene rings is 2. The Kier molecular flexibility index (Phi) is 10.0. The standard InChI is InChI=1S/C30H44/c1-3-5-7-9-11-13-19-25-26(20-14-12-10-8-6-4-2)28-22-16-18-24-30(28)29-23-17-15-21-27(25)29/h15-18,21-26H,3-14,19-20H2,1-2H3. The first-order valence-corrected chi connectivity index (χ1v) is 13.0. The molecule has 0 saturated carbocycles. The minimum Gasteiger partial charge on any atom is -0.0654 e. The van der Waals surface area contributed by atoms with Gasteiger partial charge in [0, 0.05) is 0 Å². The summed E-state index contributed by atoms with van der Waals surface area (Å²) >= 11 is 0. The normalized spacial score (nSPS) is 17.5. The SMILES string of the molecule is CCCCCCCCC1c2ccccc2-c2ccccc2C1CCCCCCCC. The third-order valence-electron chi connectivity index (χ3n) is 7.23. The van der Waals surface area contributed by atoms with Crippen LogP contribution in [0.4, 0.5) is 0 Å². The molecule has 0 fully saturated rings. The highest BCUT2D eigenvalue weighted by Crippen LogP contribution is 2.50. The molecule has 2 unspecified atom stereocenters. The Morgan fingerprint density at radius 2 is 0.833 bits per heavy atom. The second-order valence-corrected chi connectivity index (χ2v) is 9.50. The van der Waals surface area contributed by atoms with Gasteiger partial charge in [0.05, 0.1) is 0 Å². The summed E-state index contributed by atoms with van der Waals surface area (Å²) < 4.78 is 0. The van der Waals surface area contributed by atoms with Crippen LogP contribution in [0.5, 0.6) is 0 Å². The summed E-state index contributed by atoms with van der Waals surface area (Å²) in [7, 11) is 0. The minimum atomic E-state index is 0.706. The summed E-state index contributed by atoms with van der Waals surface area (Å²) in [5, 5.41) is 0. The van der Waals surface area contributed by atoms with Crippen LogP contribution in [0.1, 0.15) is 127 Å². The van der Waals surface area contributed by atoms with Crippen LogP contribution in [0.15, 0.2) is 48.5 Å². The highest BCUT2D eigenvalue weighted by molar-refractivity contribution is 5.75. The molecule has 0 saturated heterocycles. The molecule has 2 atom stereocenters. The molecule has 0 heterocycles. The van der Waals surface area contributed by atoms with E-state index in [0.29, 0.717) is 11.8 Å². The smallest absolute Gasteiger partial charge is 0.00867 e. The number of hydrogen-bond acceptors (Lipinski definition) is 0. The van der Waals surface area contributed by atoms with Gasteiger partial charge >= 0.3 is 0 Å². The van der Waals surface area contributed by atoms with E-state index in [1.165, 1.54) is 101 Å². The second-order valence-electron chi connectivity index (χ2n) is 9.50. The molecule has 0 heteroatoms. The van der Waals surface area contributed by atoms with E-state index in [2.05, 4.69) is 62.4 Å². The Balaban J connectivity index is 1.70. The molecule has 1 aliphatic rings. The van der Waals surface area contributed by atoms with E-state index < -0.39 is 0 Å². The van der Waals surface area contributed by atoms with Crippen LogP contribution in [0.2, 0.25) is 0 Å². The molecule has 0 aromatic heterocycles. The van der Waals surface area contributed by atoms with Gasteiger partial charge in [-0.3, -0.25) is 0 Å². The first-order chi connectivity index (χ1) is 14.9. The zero-order valence-electron chi connectivity index (χ0n) is 19.7. The van der Waals surface area contributed by atoms with Crippen molar-refractivity contribution in [1.29, 1.82) is 0 Å². The number of fused-ring (bicyclic) bond motifs is 3. The van der Waals surface area contributed by atoms with Crippen molar-refractivity contribution in [3.05, 3.63) is 59.7 Å². The van der Waals surface area contributed by atoms with Crippen molar-refractivity contribution in [2.45, 2.75) is 116 Å². The second kappa shape index (κ2) is 13.0. The maximum atomic E-state index is 2.43. The van der Waals surface area contributed by atoms with Gasteiger partial charge in [-0.05, 0) is 46.9 Å². The van der Waals surface area contributed by atoms with Gasteiger partial charge in [0.15, 0.2) is 0 Å². The highest BCUT2D eigenvalue weighted by atomic mass is 14.4. The minimum absolute atomic E-state index is 0.706. The Labute approximate surface area is 186 Å². The lowest BCUT2D eigenvalue weighted by molar-refractivity contribution is 0.430. The number of unbranched alkanes of at least 4 members (excludes halogenated alkanes) is 10. The zero-order valence-corrected chi connectivity index (χ0v) is 19.7. The van der Waals surface area contributed by atoms with Gasteiger partial charge < -0.3 is 0 Å². The molecule has 0 N–H and O–H groups in total. The van der Waals surface area contributed by atoms with E-state index in [0.717, 1.165) is 0 Å². The van der Waals surface area contributed by atoms with Crippen LogP contribution in [0.3, 0.4) is 0 Å². The quantitative estimate of drug-likeness (QED) is 0.275. The zero-order chi connectivity index (χ0) is 21.0. The van der Waals surface area contributed by atoms with Crippen molar-refractivity contribution < 1.29 is 0 Å². The Bertz CT molecular complexity index is 665. The van der Waals surface area contributed by atoms with Crippen molar-refractivity contribution >= 4 is 0 Å². The predicted molar refractivity (Wildman–Crippen MR) is 133 cm³/mol. The molecule has 0 amide bonds. The molecule has 0 spiro atoms. The van der Waals surface area contributed by atoms with E-state index in [-0.39, 0.29) is 0 Å². The lowest BCUT2D eigenvalue weighted by Crippen LogP contribution is -2.18. The van der Waals surface area contributed by atoms with Crippen molar-refractivity contribution in [3.63, 3.8) is 0 Å². The lowest BCUT2D eigenvalue weighted by atomic mass is 9.68. The lowest BCUT2D eigenvalue weighted by Gasteiger charge is -2.36. The van der Waals surface area contributed by atoms with Gasteiger partial charge in [-0.25, -0.2) is 0 Å². The maximum absolute atomic E-state index is 2.43. The molecule has 0 bridgehead atoms. The van der Waals surface area contributed by atoms with E-state index in [4.69, 9.17) is 0 Å². The summed E-state index contributed by atoms with van der Waals surface area (Å²) in [6.07, 6.45) is 19.5. The van der Waals surface area contributed by atoms with Crippen LogP contribution < -0.4 is 0 Å². The van der Waals surface area contributed by atoms with Crippen LogP contribution in [0.25, 0.3) is 11.1 Å². The molecular formula is C30H44. The first kappa shape index (κ1) is 23.1. The largest absolute Gasteiger partial charge is 0.0654 e. The van der Waals surface area contributed by atoms with E-state index in [9.17, 15) is 0 Å². The van der Waals surface area contributed by atoms with E-state index in [1.807, 2.05) is 0 Å². The fourth-order valence-electron chi connectivity index (χ4n) is 5.57. The Morgan fingerprint density at radius 3 is 1.27 bits per heavy atom. The van der Waals surface area contributed by atoms with Gasteiger partial charge in [-0.15, -0.1) is 0 Å². The van der Waals surface area contributed by atoms with Crippen LogP contribution in [-0.2, 0) is 0 Å². The highest BCUT2D eigenvalue weighted by Gasteiger charge is 2.32. The van der Waals surface area contributed by atoms with Gasteiger partial charge in [0.1, 0.15) is 0 Å². The van der Waals surface area contributed by atoms with Crippen molar-refractivity contribution in [3.8, 4) is 11.1 Å². The summed E-state index contributed by atoms with van der Waals surface area (Å²) in [4.78, 5) is 0. The average Bonchev–Trinajstić information content (AvgIpc) is 2.79. The molecule has 1 aliphatic carbocycles. The molecule has 2 aromatic rings. The molecule has 0 aliphatic heterocycles. The topological polar surface area (TPSA) is 0 Å². The van der Waals surface area contributed by atoms with Crippen LogP contribution >= 0.6 is 0 Å². The fourth-order valence-corrected chi connectivity index (χ4v) is 5.57. The van der Waals surface area contributed by atoms with Crippen LogP contribution in [0, 0.1) is 0 Å². The number of hydrogen-bond donors (Lipinski definition) is 0. The van der Waals surface area contributed by atoms with Crippen molar-refractivity contribution in [2.75, 3.05) is 0 Å². The van der Waals surface area contributed by atoms with Crippen LogP contribution in [-0.4, -0.2) is 0 Å². The summed E-state index contributed by atoms with van der Waals surface area (Å²) in [5.41, 5.74) is 6.26. The summed E-state index contributed by atoms with van der Waals surface area (Å²) in [6, 6.07) is 18.6. The van der Waals surface area contributed by atoms with E-state index in [1.54, 1.807) is 11.1 Å². The summed E-state index contributed by atoms with van der Waals surface area (Å²) in [6.45, 7) is 4.62. The van der Waals surface area contributed by atoms with Gasteiger partial charge in [-0.1, -0.05) is 139 Å². The third kappa shape index (κ3) is 6.22. The molecule has 0 nitrogen and oxygen atoms in total. The Morgan fingerprint density at radius 1 is 0.467 bits per heavy atom.